The maximum absolute atomic E-state index is 12.4. The zero-order valence-electron chi connectivity index (χ0n) is 9.84. The van der Waals surface area contributed by atoms with E-state index in [9.17, 15) is 26.3 Å². The molecule has 0 saturated carbocycles. The third kappa shape index (κ3) is 4.31. The Labute approximate surface area is 118 Å². The normalized spacial score (nSPS) is 13.6. The molecule has 0 aromatic heterocycles. The molecule has 1 aromatic rings. The van der Waals surface area contributed by atoms with Crippen LogP contribution in [0.3, 0.4) is 0 Å². The highest BCUT2D eigenvalue weighted by Gasteiger charge is 2.59. The summed E-state index contributed by atoms with van der Waals surface area (Å²) in [6, 6.07) is 2.77. The molecular formula is C10H7ClF6N2O2. The lowest BCUT2D eigenvalue weighted by atomic mass is 10.2. The van der Waals surface area contributed by atoms with Gasteiger partial charge in [-0.05, 0) is 18.2 Å². The molecule has 1 aromatic carbocycles. The first kappa shape index (κ1) is 17.2. The van der Waals surface area contributed by atoms with E-state index < -0.39 is 35.6 Å². The minimum absolute atomic E-state index is 0.192. The van der Waals surface area contributed by atoms with Crippen LogP contribution in [0.2, 0.25) is 5.02 Å². The monoisotopic (exact) mass is 336 g/mol. The predicted octanol–water partition coefficient (Wildman–Crippen LogP) is 3.31. The quantitative estimate of drug-likeness (QED) is 0.292. The minimum Gasteiger partial charge on any atom is -0.470 e. The molecule has 0 fully saturated rings. The van der Waals surface area contributed by atoms with E-state index in [1.54, 1.807) is 0 Å². The van der Waals surface area contributed by atoms with Crippen molar-refractivity contribution in [2.45, 2.75) is 18.5 Å². The van der Waals surface area contributed by atoms with Crippen molar-refractivity contribution in [1.29, 1.82) is 0 Å². The maximum atomic E-state index is 12.4. The zero-order valence-corrected chi connectivity index (χ0v) is 10.6. The molecule has 0 aliphatic carbocycles. The number of hydrogen-bond acceptors (Lipinski definition) is 3. The average Bonchev–Trinajstić information content (AvgIpc) is 2.32. The van der Waals surface area contributed by atoms with E-state index in [4.69, 9.17) is 22.5 Å². The third-order valence-electron chi connectivity index (χ3n) is 2.17. The van der Waals surface area contributed by atoms with E-state index in [2.05, 4.69) is 9.89 Å². The second kappa shape index (κ2) is 5.88. The predicted molar refractivity (Wildman–Crippen MR) is 60.5 cm³/mol. The van der Waals surface area contributed by atoms with Gasteiger partial charge in [0.1, 0.15) is 5.75 Å². The van der Waals surface area contributed by atoms with Gasteiger partial charge in [0.25, 0.3) is 6.10 Å². The summed E-state index contributed by atoms with van der Waals surface area (Å²) in [5.41, 5.74) is 4.68. The smallest absolute Gasteiger partial charge is 0.434 e. The Morgan fingerprint density at radius 2 is 1.71 bits per heavy atom. The Balaban J connectivity index is 3.30. The molecule has 0 aliphatic rings. The molecule has 0 unspecified atom stereocenters. The van der Waals surface area contributed by atoms with Gasteiger partial charge in [0, 0.05) is 5.02 Å². The van der Waals surface area contributed by atoms with E-state index in [1.807, 2.05) is 0 Å². The maximum Gasteiger partial charge on any atom is 0.434 e. The van der Waals surface area contributed by atoms with Crippen LogP contribution in [0, 0.1) is 0 Å². The lowest BCUT2D eigenvalue weighted by molar-refractivity contribution is -0.299. The number of rotatable bonds is 3. The molecule has 0 amide bonds. The molecule has 1 rings (SSSR count). The summed E-state index contributed by atoms with van der Waals surface area (Å²) < 4.78 is 78.5. The molecule has 4 nitrogen and oxygen atoms in total. The van der Waals surface area contributed by atoms with Crippen LogP contribution in [0.25, 0.3) is 0 Å². The van der Waals surface area contributed by atoms with Crippen LogP contribution in [0.5, 0.6) is 5.75 Å². The molecular weight excluding hydrogens is 330 g/mol. The summed E-state index contributed by atoms with van der Waals surface area (Å²) in [6.07, 6.45) is -15.5. The fourth-order valence-corrected chi connectivity index (χ4v) is 1.47. The van der Waals surface area contributed by atoms with Crippen molar-refractivity contribution >= 4 is 17.4 Å². The number of alkyl halides is 6. The molecule has 0 heterocycles. The summed E-state index contributed by atoms with van der Waals surface area (Å²) >= 11 is 5.49. The van der Waals surface area contributed by atoms with E-state index in [-0.39, 0.29) is 5.02 Å². The highest BCUT2D eigenvalue weighted by molar-refractivity contribution is 6.30. The van der Waals surface area contributed by atoms with Crippen LogP contribution in [0.15, 0.2) is 23.4 Å². The van der Waals surface area contributed by atoms with E-state index in [1.165, 1.54) is 0 Å². The summed E-state index contributed by atoms with van der Waals surface area (Å²) in [5, 5.41) is 10.8. The van der Waals surface area contributed by atoms with Crippen molar-refractivity contribution in [2.24, 2.45) is 10.9 Å². The van der Waals surface area contributed by atoms with Crippen molar-refractivity contribution in [3.8, 4) is 5.75 Å². The fourth-order valence-electron chi connectivity index (χ4n) is 1.31. The first-order valence-corrected chi connectivity index (χ1v) is 5.42. The fraction of sp³-hybridized carbons (Fsp3) is 0.300. The lowest BCUT2D eigenvalue weighted by Crippen LogP contribution is -2.46. The van der Waals surface area contributed by atoms with Crippen LogP contribution >= 0.6 is 11.6 Å². The summed E-state index contributed by atoms with van der Waals surface area (Å²) in [4.78, 5) is 0. The second-order valence-corrected chi connectivity index (χ2v) is 4.14. The number of oxime groups is 1. The molecule has 118 valence electrons. The number of benzene rings is 1. The van der Waals surface area contributed by atoms with E-state index >= 15 is 0 Å². The molecule has 21 heavy (non-hydrogen) atoms. The second-order valence-electron chi connectivity index (χ2n) is 3.71. The average molecular weight is 337 g/mol. The Hall–Kier alpha value is -1.84. The van der Waals surface area contributed by atoms with Gasteiger partial charge >= 0.3 is 12.4 Å². The number of nitrogens with zero attached hydrogens (tertiary/aromatic N) is 1. The van der Waals surface area contributed by atoms with Gasteiger partial charge in [-0.2, -0.15) is 26.3 Å². The van der Waals surface area contributed by atoms with Crippen molar-refractivity contribution in [3.05, 3.63) is 28.8 Å². The number of nitrogens with two attached hydrogens (primary N) is 1. The summed E-state index contributed by atoms with van der Waals surface area (Å²) in [7, 11) is 0. The highest BCUT2D eigenvalue weighted by atomic mass is 35.5. The largest absolute Gasteiger partial charge is 0.470 e. The zero-order chi connectivity index (χ0) is 16.4. The summed E-state index contributed by atoms with van der Waals surface area (Å²) in [6.45, 7) is 0. The van der Waals surface area contributed by atoms with Gasteiger partial charge in [0.2, 0.25) is 0 Å². The van der Waals surface area contributed by atoms with Crippen LogP contribution in [-0.4, -0.2) is 29.5 Å². The molecule has 0 atom stereocenters. The van der Waals surface area contributed by atoms with Gasteiger partial charge < -0.3 is 15.7 Å². The SMILES string of the molecule is N/C(=N/O)c1ccc(Cl)cc1OC(C(F)(F)F)C(F)(F)F. The van der Waals surface area contributed by atoms with Crippen molar-refractivity contribution in [3.63, 3.8) is 0 Å². The number of ether oxygens (including phenoxy) is 1. The Morgan fingerprint density at radius 1 is 1.19 bits per heavy atom. The standard InChI is InChI=1S/C10H7ClF6N2O2/c11-4-1-2-5(7(18)19-20)6(3-4)21-8(9(12,13)14)10(15,16)17/h1-3,8,20H,(H2,18,19). The van der Waals surface area contributed by atoms with Gasteiger partial charge in [0.05, 0.1) is 5.56 Å². The Kier molecular flexibility index (Phi) is 4.82. The Morgan fingerprint density at radius 3 is 2.14 bits per heavy atom. The van der Waals surface area contributed by atoms with Crippen molar-refractivity contribution in [1.82, 2.24) is 0 Å². The topological polar surface area (TPSA) is 67.8 Å². The van der Waals surface area contributed by atoms with Crippen LogP contribution < -0.4 is 10.5 Å². The highest BCUT2D eigenvalue weighted by Crippen LogP contribution is 2.37. The Bertz CT molecular complexity index is 529. The van der Waals surface area contributed by atoms with E-state index in [0.29, 0.717) is 6.07 Å². The summed E-state index contributed by atoms with van der Waals surface area (Å²) in [5.74, 6) is -1.65. The van der Waals surface area contributed by atoms with Gasteiger partial charge in [-0.15, -0.1) is 0 Å². The first-order chi connectivity index (χ1) is 9.46. The van der Waals surface area contributed by atoms with Crippen molar-refractivity contribution in [2.75, 3.05) is 0 Å². The lowest BCUT2D eigenvalue weighted by Gasteiger charge is -2.24. The van der Waals surface area contributed by atoms with Crippen LogP contribution in [0.4, 0.5) is 26.3 Å². The van der Waals surface area contributed by atoms with Gasteiger partial charge in [-0.3, -0.25) is 0 Å². The van der Waals surface area contributed by atoms with E-state index in [0.717, 1.165) is 12.1 Å². The molecule has 0 radical (unpaired) electrons. The molecule has 0 saturated heterocycles. The van der Waals surface area contributed by atoms with Gasteiger partial charge in [-0.1, -0.05) is 16.8 Å². The minimum atomic E-state index is -5.71. The molecule has 0 bridgehead atoms. The molecule has 0 aliphatic heterocycles. The van der Waals surface area contributed by atoms with Gasteiger partial charge in [0.15, 0.2) is 5.84 Å². The molecule has 0 spiro atoms. The number of amidine groups is 1. The third-order valence-corrected chi connectivity index (χ3v) is 2.40. The number of halogens is 7. The molecule has 3 N–H and O–H groups in total. The van der Waals surface area contributed by atoms with Gasteiger partial charge in [-0.25, -0.2) is 0 Å². The van der Waals surface area contributed by atoms with Crippen LogP contribution in [-0.2, 0) is 0 Å². The van der Waals surface area contributed by atoms with Crippen molar-refractivity contribution < 1.29 is 36.3 Å². The first-order valence-electron chi connectivity index (χ1n) is 5.04. The molecule has 11 heteroatoms. The number of hydrogen-bond donors (Lipinski definition) is 2. The van der Waals surface area contributed by atoms with Crippen LogP contribution in [0.1, 0.15) is 5.56 Å².